The second kappa shape index (κ2) is 6.49. The van der Waals surface area contributed by atoms with Crippen molar-refractivity contribution in [3.05, 3.63) is 29.6 Å². The summed E-state index contributed by atoms with van der Waals surface area (Å²) in [7, 11) is 0. The zero-order valence-electron chi connectivity index (χ0n) is 10.00. The number of hydrogen-bond acceptors (Lipinski definition) is 3. The van der Waals surface area contributed by atoms with E-state index in [2.05, 4.69) is 12.2 Å². The van der Waals surface area contributed by atoms with Gasteiger partial charge < -0.3 is 11.1 Å². The van der Waals surface area contributed by atoms with Gasteiger partial charge in [0.05, 0.1) is 0 Å². The second-order valence-electron chi connectivity index (χ2n) is 4.04. The highest BCUT2D eigenvalue weighted by Gasteiger charge is 2.09. The monoisotopic (exact) mass is 256 g/mol. The summed E-state index contributed by atoms with van der Waals surface area (Å²) in [6.07, 6.45) is 2.02. The number of hydrogen-bond donors (Lipinski definition) is 2. The summed E-state index contributed by atoms with van der Waals surface area (Å²) in [5.74, 6) is 0.585. The molecule has 3 nitrogen and oxygen atoms in total. The summed E-state index contributed by atoms with van der Waals surface area (Å²) in [6.45, 7) is 2.63. The summed E-state index contributed by atoms with van der Waals surface area (Å²) < 4.78 is 13.0. The maximum Gasteiger partial charge on any atom is 0.251 e. The molecule has 0 radical (unpaired) electrons. The zero-order chi connectivity index (χ0) is 12.8. The van der Waals surface area contributed by atoms with Crippen LogP contribution in [-0.4, -0.2) is 24.5 Å². The van der Waals surface area contributed by atoms with Crippen LogP contribution in [0.5, 0.6) is 0 Å². The highest BCUT2D eigenvalue weighted by molar-refractivity contribution is 7.98. The van der Waals surface area contributed by atoms with E-state index < -0.39 is 5.82 Å². The summed E-state index contributed by atoms with van der Waals surface area (Å²) in [6, 6.07) is 3.84. The van der Waals surface area contributed by atoms with E-state index >= 15 is 0 Å². The van der Waals surface area contributed by atoms with Gasteiger partial charge in [-0.15, -0.1) is 0 Å². The number of amides is 1. The Bertz CT molecular complexity index is 378. The second-order valence-corrected chi connectivity index (χ2v) is 4.95. The van der Waals surface area contributed by atoms with Gasteiger partial charge in [0.15, 0.2) is 0 Å². The Morgan fingerprint density at radius 2 is 2.24 bits per heavy atom. The van der Waals surface area contributed by atoms with Gasteiger partial charge in [0.25, 0.3) is 5.91 Å². The average molecular weight is 256 g/mol. The zero-order valence-corrected chi connectivity index (χ0v) is 10.8. The van der Waals surface area contributed by atoms with E-state index in [4.69, 9.17) is 5.73 Å². The number of rotatable bonds is 5. The van der Waals surface area contributed by atoms with Crippen LogP contribution in [0.4, 0.5) is 10.1 Å². The Morgan fingerprint density at radius 3 is 2.82 bits per heavy atom. The number of nitrogens with two attached hydrogens (primary N) is 1. The molecule has 5 heteroatoms. The van der Waals surface area contributed by atoms with Gasteiger partial charge in [0.1, 0.15) is 5.82 Å². The van der Waals surface area contributed by atoms with E-state index in [1.807, 2.05) is 6.26 Å². The van der Waals surface area contributed by atoms with Gasteiger partial charge in [-0.05, 0) is 36.1 Å². The maximum absolute atomic E-state index is 13.0. The fourth-order valence-electron chi connectivity index (χ4n) is 1.46. The molecule has 0 saturated heterocycles. The van der Waals surface area contributed by atoms with E-state index in [0.717, 1.165) is 5.75 Å². The number of anilines is 1. The number of carbonyl (C=O) groups is 1. The number of halogens is 1. The van der Waals surface area contributed by atoms with Gasteiger partial charge in [0, 0.05) is 17.8 Å². The van der Waals surface area contributed by atoms with Crippen LogP contribution in [0.15, 0.2) is 18.2 Å². The smallest absolute Gasteiger partial charge is 0.251 e. The molecule has 1 aromatic rings. The van der Waals surface area contributed by atoms with E-state index in [0.29, 0.717) is 12.5 Å². The maximum atomic E-state index is 13.0. The molecular formula is C12H17FN2OS. The first-order valence-electron chi connectivity index (χ1n) is 5.36. The molecule has 0 spiro atoms. The third kappa shape index (κ3) is 4.65. The Labute approximate surface area is 105 Å². The van der Waals surface area contributed by atoms with Crippen molar-refractivity contribution in [1.29, 1.82) is 0 Å². The molecule has 1 amide bonds. The van der Waals surface area contributed by atoms with Crippen molar-refractivity contribution in [1.82, 2.24) is 5.32 Å². The molecule has 0 fully saturated rings. The number of nitrogen functional groups attached to an aromatic ring is 1. The Hall–Kier alpha value is -1.23. The molecule has 0 bridgehead atoms. The quantitative estimate of drug-likeness (QED) is 0.794. The lowest BCUT2D eigenvalue weighted by Gasteiger charge is -2.11. The van der Waals surface area contributed by atoms with Gasteiger partial charge in [-0.2, -0.15) is 11.8 Å². The third-order valence-electron chi connectivity index (χ3n) is 2.24. The highest BCUT2D eigenvalue weighted by atomic mass is 32.2. The van der Waals surface area contributed by atoms with Crippen LogP contribution in [0.1, 0.15) is 17.3 Å². The van der Waals surface area contributed by atoms with Crippen LogP contribution in [0.2, 0.25) is 0 Å². The van der Waals surface area contributed by atoms with Crippen LogP contribution >= 0.6 is 11.8 Å². The predicted molar refractivity (Wildman–Crippen MR) is 70.7 cm³/mol. The minimum atomic E-state index is -0.493. The van der Waals surface area contributed by atoms with Crippen molar-refractivity contribution in [3.63, 3.8) is 0 Å². The molecule has 1 aromatic carbocycles. The van der Waals surface area contributed by atoms with Crippen molar-refractivity contribution >= 4 is 23.4 Å². The van der Waals surface area contributed by atoms with Crippen molar-refractivity contribution in [2.75, 3.05) is 24.3 Å². The first-order chi connectivity index (χ1) is 8.02. The minimum Gasteiger partial charge on any atom is -0.399 e. The summed E-state index contributed by atoms with van der Waals surface area (Å²) in [5, 5.41) is 2.76. The fourth-order valence-corrected chi connectivity index (χ4v) is 2.14. The lowest BCUT2D eigenvalue weighted by atomic mass is 10.1. The molecule has 0 aliphatic carbocycles. The number of benzene rings is 1. The van der Waals surface area contributed by atoms with Crippen LogP contribution in [0.3, 0.4) is 0 Å². The normalized spacial score (nSPS) is 12.2. The predicted octanol–water partition coefficient (Wildman–Crippen LogP) is 2.14. The molecule has 17 heavy (non-hydrogen) atoms. The van der Waals surface area contributed by atoms with Gasteiger partial charge in [-0.25, -0.2) is 4.39 Å². The third-order valence-corrected chi connectivity index (χ3v) is 3.15. The Kier molecular flexibility index (Phi) is 5.28. The van der Waals surface area contributed by atoms with Crippen molar-refractivity contribution in [2.45, 2.75) is 6.92 Å². The van der Waals surface area contributed by atoms with Crippen LogP contribution in [0.25, 0.3) is 0 Å². The minimum absolute atomic E-state index is 0.257. The first kappa shape index (κ1) is 13.8. The number of carbonyl (C=O) groups excluding carboxylic acids is 1. The topological polar surface area (TPSA) is 55.1 Å². The molecule has 94 valence electrons. The van der Waals surface area contributed by atoms with Crippen LogP contribution in [0, 0.1) is 11.7 Å². The largest absolute Gasteiger partial charge is 0.399 e. The fraction of sp³-hybridized carbons (Fsp3) is 0.417. The standard InChI is InChI=1S/C12H17FN2OS/c1-8(7-17-2)6-15-12(16)9-3-10(13)5-11(14)4-9/h3-5,8H,6-7,14H2,1-2H3,(H,15,16). The van der Waals surface area contributed by atoms with Crippen LogP contribution in [-0.2, 0) is 0 Å². The lowest BCUT2D eigenvalue weighted by Crippen LogP contribution is -2.29. The van der Waals surface area contributed by atoms with E-state index in [-0.39, 0.29) is 17.2 Å². The van der Waals surface area contributed by atoms with Gasteiger partial charge in [-0.1, -0.05) is 6.92 Å². The molecule has 0 aromatic heterocycles. The SMILES string of the molecule is CSCC(C)CNC(=O)c1cc(N)cc(F)c1. The van der Waals surface area contributed by atoms with E-state index in [1.54, 1.807) is 11.8 Å². The molecule has 1 unspecified atom stereocenters. The average Bonchev–Trinajstić information content (AvgIpc) is 2.25. The molecule has 1 atom stereocenters. The van der Waals surface area contributed by atoms with E-state index in [1.165, 1.54) is 18.2 Å². The lowest BCUT2D eigenvalue weighted by molar-refractivity contribution is 0.0949. The highest BCUT2D eigenvalue weighted by Crippen LogP contribution is 2.11. The molecule has 0 aliphatic rings. The summed E-state index contributed by atoms with van der Waals surface area (Å²) in [4.78, 5) is 11.7. The molecule has 3 N–H and O–H groups in total. The molecule has 0 aliphatic heterocycles. The summed E-state index contributed by atoms with van der Waals surface area (Å²) in [5.41, 5.74) is 6.00. The van der Waals surface area contributed by atoms with Crippen molar-refractivity contribution < 1.29 is 9.18 Å². The van der Waals surface area contributed by atoms with Crippen molar-refractivity contribution in [2.24, 2.45) is 5.92 Å². The first-order valence-corrected chi connectivity index (χ1v) is 6.75. The van der Waals surface area contributed by atoms with Gasteiger partial charge in [-0.3, -0.25) is 4.79 Å². The van der Waals surface area contributed by atoms with E-state index in [9.17, 15) is 9.18 Å². The van der Waals surface area contributed by atoms with Gasteiger partial charge >= 0.3 is 0 Å². The Balaban J connectivity index is 2.58. The number of thioether (sulfide) groups is 1. The molecular weight excluding hydrogens is 239 g/mol. The summed E-state index contributed by atoms with van der Waals surface area (Å²) >= 11 is 1.73. The number of nitrogens with one attached hydrogen (secondary N) is 1. The molecule has 0 saturated carbocycles. The van der Waals surface area contributed by atoms with Gasteiger partial charge in [0.2, 0.25) is 0 Å². The Morgan fingerprint density at radius 1 is 1.53 bits per heavy atom. The van der Waals surface area contributed by atoms with Crippen LogP contribution < -0.4 is 11.1 Å². The molecule has 0 heterocycles. The van der Waals surface area contributed by atoms with Crippen molar-refractivity contribution in [3.8, 4) is 0 Å². The molecule has 1 rings (SSSR count).